The van der Waals surface area contributed by atoms with E-state index in [4.69, 9.17) is 4.74 Å². The number of benzene rings is 2. The summed E-state index contributed by atoms with van der Waals surface area (Å²) in [4.78, 5) is 70.2. The topological polar surface area (TPSA) is 162 Å². The molecule has 0 spiro atoms. The fraction of sp³-hybridized carbons (Fsp3) is 0.455. The van der Waals surface area contributed by atoms with Crippen LogP contribution in [0.25, 0.3) is 22.4 Å². The molecule has 62 heavy (non-hydrogen) atoms. The van der Waals surface area contributed by atoms with E-state index in [-0.39, 0.29) is 46.6 Å². The van der Waals surface area contributed by atoms with Crippen LogP contribution in [-0.2, 0) is 14.3 Å². The highest BCUT2D eigenvalue weighted by Gasteiger charge is 2.46. The zero-order chi connectivity index (χ0) is 45.3. The fourth-order valence-corrected chi connectivity index (χ4v) is 10.9. The van der Waals surface area contributed by atoms with Crippen LogP contribution < -0.4 is 20.3 Å². The number of aromatic amines is 1. The Labute approximate surface area is 360 Å². The highest BCUT2D eigenvalue weighted by molar-refractivity contribution is 6.78. The summed E-state index contributed by atoms with van der Waals surface area (Å²) < 4.78 is 50.4. The highest BCUT2D eigenvalue weighted by atomic mass is 28.3. The Morgan fingerprint density at radius 2 is 1.63 bits per heavy atom. The molecular formula is C44H55F3N8O6Si. The Kier molecular flexibility index (Phi) is 13.1. The van der Waals surface area contributed by atoms with E-state index in [9.17, 15) is 32.3 Å². The molecule has 18 heteroatoms. The minimum Gasteiger partial charge on any atom is -0.453 e. The van der Waals surface area contributed by atoms with Crippen LogP contribution in [0, 0.1) is 11.3 Å². The summed E-state index contributed by atoms with van der Waals surface area (Å²) in [5.41, 5.74) is 1.75. The first-order chi connectivity index (χ1) is 29.0. The number of nitrogens with zero attached hydrogens (tertiary/aromatic N) is 5. The lowest BCUT2D eigenvalue weighted by atomic mass is 9.94. The predicted octanol–water partition coefficient (Wildman–Crippen LogP) is 7.88. The van der Waals surface area contributed by atoms with E-state index in [0.29, 0.717) is 54.3 Å². The van der Waals surface area contributed by atoms with Gasteiger partial charge in [-0.15, -0.1) is 13.2 Å². The van der Waals surface area contributed by atoms with Crippen molar-refractivity contribution in [3.8, 4) is 28.1 Å². The van der Waals surface area contributed by atoms with Crippen molar-refractivity contribution in [3.63, 3.8) is 0 Å². The Morgan fingerprint density at radius 3 is 2.23 bits per heavy atom. The average molecular weight is 877 g/mol. The first-order valence-corrected chi connectivity index (χ1v) is 24.0. The molecule has 2 aromatic heterocycles. The van der Waals surface area contributed by atoms with Gasteiger partial charge in [0.25, 0.3) is 5.91 Å². The lowest BCUT2D eigenvalue weighted by Crippen LogP contribution is -2.56. The Bertz CT molecular complexity index is 2280. The number of ether oxygens (including phenoxy) is 2. The SMILES string of the molecule is COC(=O)NC(C(=O)N1C[Si](C)(C)CC1c1ncc(-c2ccc(-c3ccc(NC(=O)c4ccc(N5CCN(C(=O)C(C)(C)C)CC5C)nc4)cc3OC(F)(F)F)cc2)[nH]1)C(C)C. The van der Waals surface area contributed by atoms with E-state index in [1.807, 2.05) is 46.4 Å². The standard InChI is InChI=1S/C44H55F3N8O6Si/c1-26(2)37(52-42(59)60-7)40(57)55-25-62(8,9)24-34(55)38-49-22-33(51-38)29-12-10-28(11-13-29)32-16-15-31(20-35(32)61-44(45,46)47)50-39(56)30-14-17-36(48-21-30)54-19-18-53(23-27(54)3)41(58)43(4,5)6/h10-17,20-22,26-27,34,37H,18-19,23-25H2,1-9H3,(H,49,51)(H,50,56)(H,52,59). The summed E-state index contributed by atoms with van der Waals surface area (Å²) in [6, 6.07) is 13.8. The molecule has 14 nitrogen and oxygen atoms in total. The second kappa shape index (κ2) is 17.8. The number of nitrogens with one attached hydrogen (secondary N) is 3. The lowest BCUT2D eigenvalue weighted by Gasteiger charge is -2.42. The zero-order valence-corrected chi connectivity index (χ0v) is 37.5. The van der Waals surface area contributed by atoms with Crippen LogP contribution >= 0.6 is 0 Å². The van der Waals surface area contributed by atoms with Gasteiger partial charge in [-0.2, -0.15) is 0 Å². The molecule has 6 rings (SSSR count). The number of amides is 4. The van der Waals surface area contributed by atoms with Gasteiger partial charge in [-0.05, 0) is 54.3 Å². The number of imidazole rings is 1. The number of carbonyl (C=O) groups is 4. The fourth-order valence-electron chi connectivity index (χ4n) is 8.00. The van der Waals surface area contributed by atoms with Crippen molar-refractivity contribution in [3.05, 3.63) is 78.4 Å². The monoisotopic (exact) mass is 876 g/mol. The Hall–Kier alpha value is -5.91. The molecule has 332 valence electrons. The number of methoxy groups -OCH3 is 1. The number of alkyl carbamates (subject to hydrolysis) is 1. The molecule has 2 aromatic carbocycles. The van der Waals surface area contributed by atoms with Crippen molar-refractivity contribution < 1.29 is 41.8 Å². The molecule has 2 aliphatic rings. The number of alkyl halides is 3. The lowest BCUT2D eigenvalue weighted by molar-refractivity contribution is -0.274. The van der Waals surface area contributed by atoms with Crippen molar-refractivity contribution in [2.75, 3.05) is 43.1 Å². The molecule has 4 aromatic rings. The summed E-state index contributed by atoms with van der Waals surface area (Å²) in [7, 11) is -0.606. The Morgan fingerprint density at radius 1 is 0.935 bits per heavy atom. The van der Waals surface area contributed by atoms with Gasteiger partial charge in [-0.1, -0.05) is 72.0 Å². The van der Waals surface area contributed by atoms with E-state index in [0.717, 1.165) is 12.1 Å². The first-order valence-electron chi connectivity index (χ1n) is 20.6. The molecule has 2 saturated heterocycles. The van der Waals surface area contributed by atoms with Gasteiger partial charge in [-0.3, -0.25) is 14.4 Å². The van der Waals surface area contributed by atoms with Crippen molar-refractivity contribution in [1.29, 1.82) is 0 Å². The van der Waals surface area contributed by atoms with Gasteiger partial charge < -0.3 is 39.8 Å². The average Bonchev–Trinajstić information content (AvgIpc) is 3.83. The molecule has 3 N–H and O–H groups in total. The van der Waals surface area contributed by atoms with Gasteiger partial charge in [0.05, 0.1) is 38.7 Å². The molecule has 2 aliphatic heterocycles. The number of halogens is 3. The summed E-state index contributed by atoms with van der Waals surface area (Å²) in [6.45, 7) is 17.5. The molecule has 2 fully saturated rings. The minimum atomic E-state index is -5.01. The van der Waals surface area contributed by atoms with Crippen molar-refractivity contribution in [2.45, 2.75) is 85.2 Å². The van der Waals surface area contributed by atoms with E-state index in [2.05, 4.69) is 48.3 Å². The number of carbonyl (C=O) groups excluding carboxylic acids is 4. The van der Waals surface area contributed by atoms with Crippen LogP contribution in [0.15, 0.2) is 67.0 Å². The molecule has 0 bridgehead atoms. The summed E-state index contributed by atoms with van der Waals surface area (Å²) >= 11 is 0. The second-order valence-corrected chi connectivity index (χ2v) is 23.2. The molecule has 3 unspecified atom stereocenters. The van der Waals surface area contributed by atoms with Gasteiger partial charge in [0.15, 0.2) is 0 Å². The molecule has 0 saturated carbocycles. The van der Waals surface area contributed by atoms with E-state index >= 15 is 0 Å². The number of hydrogen-bond donors (Lipinski definition) is 3. The molecule has 0 radical (unpaired) electrons. The van der Waals surface area contributed by atoms with E-state index < -0.39 is 43.6 Å². The molecular weight excluding hydrogens is 822 g/mol. The van der Waals surface area contributed by atoms with Gasteiger partial charge in [0, 0.05) is 60.8 Å². The molecule has 4 amide bonds. The number of piperazine rings is 1. The third-order valence-electron chi connectivity index (χ3n) is 11.1. The van der Waals surface area contributed by atoms with Gasteiger partial charge >= 0.3 is 12.5 Å². The summed E-state index contributed by atoms with van der Waals surface area (Å²) in [6.07, 6.45) is -2.04. The maximum Gasteiger partial charge on any atom is 0.573 e. The van der Waals surface area contributed by atoms with Crippen LogP contribution in [0.5, 0.6) is 5.75 Å². The first kappa shape index (κ1) is 45.6. The maximum absolute atomic E-state index is 13.8. The number of pyridine rings is 1. The van der Waals surface area contributed by atoms with Crippen LogP contribution in [0.1, 0.15) is 63.8 Å². The molecule has 0 aliphatic carbocycles. The van der Waals surface area contributed by atoms with Gasteiger partial charge in [0.1, 0.15) is 23.4 Å². The van der Waals surface area contributed by atoms with Crippen LogP contribution in [0.4, 0.5) is 29.5 Å². The zero-order valence-electron chi connectivity index (χ0n) is 36.5. The third-order valence-corrected chi connectivity index (χ3v) is 13.8. The highest BCUT2D eigenvalue weighted by Crippen LogP contribution is 2.40. The van der Waals surface area contributed by atoms with Crippen LogP contribution in [-0.4, -0.2) is 108 Å². The van der Waals surface area contributed by atoms with E-state index in [1.54, 1.807) is 47.5 Å². The number of anilines is 2. The van der Waals surface area contributed by atoms with Crippen LogP contribution in [0.3, 0.4) is 0 Å². The second-order valence-electron chi connectivity index (χ2n) is 18.1. The third kappa shape index (κ3) is 10.6. The van der Waals surface area contributed by atoms with Gasteiger partial charge in [0.2, 0.25) is 11.8 Å². The normalized spacial score (nSPS) is 18.4. The summed E-state index contributed by atoms with van der Waals surface area (Å²) in [5, 5.41) is 5.33. The smallest absolute Gasteiger partial charge is 0.453 e. The quantitative estimate of drug-likeness (QED) is 0.135. The summed E-state index contributed by atoms with van der Waals surface area (Å²) in [5.74, 6) is -0.145. The van der Waals surface area contributed by atoms with Crippen molar-refractivity contribution in [2.24, 2.45) is 11.3 Å². The number of rotatable bonds is 10. The number of H-pyrrole nitrogens is 1. The maximum atomic E-state index is 13.8. The Balaban J connectivity index is 1.15. The van der Waals surface area contributed by atoms with Crippen molar-refractivity contribution in [1.82, 2.24) is 30.1 Å². The number of aromatic nitrogens is 3. The van der Waals surface area contributed by atoms with Crippen LogP contribution in [0.2, 0.25) is 19.1 Å². The van der Waals surface area contributed by atoms with E-state index in [1.165, 1.54) is 25.4 Å². The molecule has 3 atom stereocenters. The predicted molar refractivity (Wildman–Crippen MR) is 232 cm³/mol. The van der Waals surface area contributed by atoms with Gasteiger partial charge in [-0.25, -0.2) is 14.8 Å². The minimum absolute atomic E-state index is 0.00844. The number of hydrogen-bond acceptors (Lipinski definition) is 9. The van der Waals surface area contributed by atoms with Crippen molar-refractivity contribution >= 4 is 43.4 Å². The largest absolute Gasteiger partial charge is 0.573 e. The molecule has 4 heterocycles.